The number of hydrogen-bond acceptors (Lipinski definition) is 9. The second-order valence-corrected chi connectivity index (χ2v) is 47.7. The molecular weight excluding hydrogens is 1880 g/mol. The second-order valence-electron chi connectivity index (χ2n) is 44.4. The van der Waals surface area contributed by atoms with Crippen LogP contribution in [0.25, 0.3) is 59.5 Å². The van der Waals surface area contributed by atoms with Gasteiger partial charge in [0.2, 0.25) is 0 Å². The van der Waals surface area contributed by atoms with Crippen LogP contribution in [-0.2, 0) is 41.3 Å². The van der Waals surface area contributed by atoms with Crippen LogP contribution in [0.3, 0.4) is 0 Å². The van der Waals surface area contributed by atoms with E-state index in [0.29, 0.717) is 33.4 Å². The molecule has 2 unspecified atom stereocenters. The van der Waals surface area contributed by atoms with Gasteiger partial charge in [-0.1, -0.05) is 531 Å². The number of nitrogens with zero attached hydrogens (tertiary/aromatic N) is 3. The number of thiophene rings is 3. The van der Waals surface area contributed by atoms with Gasteiger partial charge < -0.3 is 5.73 Å². The van der Waals surface area contributed by atoms with E-state index in [0.717, 1.165) is 82.0 Å². The molecule has 150 heavy (non-hydrogen) atoms. The number of carbonyl (C=O) groups excluding carboxylic acids is 2. The molecular formula is C141H172N4O2S3. The third-order valence-corrected chi connectivity index (χ3v) is 37.0. The van der Waals surface area contributed by atoms with Crippen molar-refractivity contribution in [2.24, 2.45) is 17.6 Å². The zero-order valence-electron chi connectivity index (χ0n) is 91.8. The molecule has 3 heterocycles. The summed E-state index contributed by atoms with van der Waals surface area (Å²) in [5, 5.41) is 31.8. The van der Waals surface area contributed by atoms with Gasteiger partial charge in [-0.3, -0.25) is 9.59 Å². The van der Waals surface area contributed by atoms with Gasteiger partial charge in [-0.15, -0.1) is 34.0 Å². The molecule has 3 aromatic heterocycles. The first kappa shape index (κ1) is 113. The summed E-state index contributed by atoms with van der Waals surface area (Å²) >= 11 is 5.31. The molecule has 6 nitrogen and oxygen atoms in total. The normalized spacial score (nSPS) is 15.6. The van der Waals surface area contributed by atoms with Gasteiger partial charge in [0.15, 0.2) is 11.6 Å². The third-order valence-electron chi connectivity index (χ3n) is 33.5. The van der Waals surface area contributed by atoms with Gasteiger partial charge in [0.25, 0.3) is 0 Å². The van der Waals surface area contributed by atoms with Crippen molar-refractivity contribution in [1.29, 1.82) is 15.8 Å². The van der Waals surface area contributed by atoms with Crippen molar-refractivity contribution in [1.82, 2.24) is 0 Å². The Hall–Kier alpha value is -10.8. The quantitative estimate of drug-likeness (QED) is 0.0133. The Balaban J connectivity index is 0.860. The summed E-state index contributed by atoms with van der Waals surface area (Å²) in [7, 11) is 0. The average Bonchev–Trinajstić information content (AvgIpc) is 1.48. The van der Waals surface area contributed by atoms with E-state index in [4.69, 9.17) is 5.73 Å². The number of nitrogens with two attached hydrogens (primary N) is 1. The van der Waals surface area contributed by atoms with Gasteiger partial charge in [0.1, 0.15) is 29.4 Å². The fourth-order valence-electron chi connectivity index (χ4n) is 25.1. The van der Waals surface area contributed by atoms with Crippen molar-refractivity contribution in [2.75, 3.05) is 0 Å². The largest absolute Gasteiger partial charge is 0.359 e. The molecule has 0 amide bonds. The number of benzene rings is 7. The van der Waals surface area contributed by atoms with E-state index in [-0.39, 0.29) is 28.6 Å². The highest BCUT2D eigenvalue weighted by atomic mass is 32.1. The van der Waals surface area contributed by atoms with Crippen molar-refractivity contribution in [3.63, 3.8) is 0 Å². The Labute approximate surface area is 916 Å². The van der Waals surface area contributed by atoms with E-state index in [1.165, 1.54) is 422 Å². The van der Waals surface area contributed by atoms with Crippen molar-refractivity contribution in [3.8, 4) is 71.9 Å². The molecule has 9 heteroatoms. The Morgan fingerprint density at radius 1 is 0.313 bits per heavy atom. The van der Waals surface area contributed by atoms with Crippen LogP contribution in [0.15, 0.2) is 234 Å². The third kappa shape index (κ3) is 29.0. The minimum Gasteiger partial charge on any atom is -0.359 e. The highest BCUT2D eigenvalue weighted by Gasteiger charge is 2.58. The maximum Gasteiger partial charge on any atom is 0.194 e. The highest BCUT2D eigenvalue weighted by Crippen LogP contribution is 2.70. The number of rotatable bonds is 68. The van der Waals surface area contributed by atoms with Crippen molar-refractivity contribution in [2.45, 2.75) is 424 Å². The van der Waals surface area contributed by atoms with Crippen molar-refractivity contribution >= 4 is 63.3 Å². The fourth-order valence-corrected chi connectivity index (χ4v) is 28.5. The standard InChI is InChI=1S/C141H172N4O2S3/c1-5-9-13-17-21-25-29-33-37-41-45-49-53-57-65-106-73-83-114(84-74-106)140(115-85-75-107(76-86-115)66-58-54-50-46-42-38-34-30-26-22-18-14-10-6-2)128-99-110(130-95-91-118(148-130)101-126-132(112(103-143)97-98-142)120-69-61-63-71-122(120)136(126)146)81-93-124(128)138-134(140)135-139(150-138)125-94-82-111(131-96-92-119(149-131)102-127-133(113(104-144)105-145)121-70-62-64-72-123(121)137(127)147)100-129(125)141(135,116-87-77-108(78-88-116)67-59-55-51-47-43-39-35-31-27-23-19-15-11-7-3)117-89-79-109(80-90-117)68-60-56-52-48-44-40-36-32-28-24-20-16-12-8-4/h61-64,69-96,99-102,120,122H,5-60,65-68,142H2,1-4H3/b126-101-,127-102-,132-112+. The SMILES string of the molecule is CCCCCCCCCCCCCCCCc1ccc(C2(c3ccc(CCCCCCCCCCCCCCCC)cc3)c3cc(-c4ccc(/C=C5\C(=O)c6ccccc6C5=C(C#N)C#N)s4)ccc3-c3sc4c(c32)C(c2ccc(CCCCCCCCCCCCCCCC)cc2)(c2ccc(CCCCCCCCCCCCCCCC)cc2)c2cc(-c3ccc(/C=C5\C(=O)C6C=CC=CC6\C5=C(/C#N)C#CN)s3)ccc2-4)cc1. The first-order valence-corrected chi connectivity index (χ1v) is 62.4. The van der Waals surface area contributed by atoms with Gasteiger partial charge in [-0.25, -0.2) is 0 Å². The maximum atomic E-state index is 14.8. The van der Waals surface area contributed by atoms with Gasteiger partial charge >= 0.3 is 0 Å². The van der Waals surface area contributed by atoms with Crippen LogP contribution in [-0.4, -0.2) is 11.6 Å². The molecule has 10 aromatic rings. The van der Waals surface area contributed by atoms with E-state index in [2.05, 4.69) is 216 Å². The van der Waals surface area contributed by atoms with E-state index >= 15 is 0 Å². The lowest BCUT2D eigenvalue weighted by molar-refractivity contribution is -0.116. The van der Waals surface area contributed by atoms with Crippen molar-refractivity contribution < 1.29 is 9.59 Å². The molecule has 2 N–H and O–H groups in total. The molecule has 7 aromatic carbocycles. The molecule has 2 atom stereocenters. The van der Waals surface area contributed by atoms with Crippen LogP contribution in [0, 0.1) is 57.8 Å². The summed E-state index contributed by atoms with van der Waals surface area (Å²) in [5.74, 6) is 1.95. The summed E-state index contributed by atoms with van der Waals surface area (Å²) in [6.45, 7) is 9.24. The number of ketones is 2. The summed E-state index contributed by atoms with van der Waals surface area (Å²) in [6.07, 6.45) is 90.3. The van der Waals surface area contributed by atoms with Gasteiger partial charge in [0, 0.05) is 63.5 Å². The number of aryl methyl sites for hydroxylation is 4. The zero-order valence-corrected chi connectivity index (χ0v) is 94.3. The Bertz CT molecular complexity index is 6220. The minimum absolute atomic E-state index is 0.0173. The molecule has 0 radical (unpaired) electrons. The molecule has 0 saturated heterocycles. The molecule has 0 aliphatic heterocycles. The van der Waals surface area contributed by atoms with E-state index in [1.54, 1.807) is 28.7 Å². The molecule has 0 bridgehead atoms. The highest BCUT2D eigenvalue weighted by molar-refractivity contribution is 7.19. The number of hydrogen-bond donors (Lipinski definition) is 1. The lowest BCUT2D eigenvalue weighted by Gasteiger charge is -2.40. The number of fused-ring (bicyclic) bond motifs is 9. The lowest BCUT2D eigenvalue weighted by atomic mass is 9.61. The fraction of sp³-hybridized carbons (Fsp3) is 0.482. The van der Waals surface area contributed by atoms with E-state index < -0.39 is 16.7 Å². The monoisotopic (exact) mass is 2050 g/mol. The van der Waals surface area contributed by atoms with Gasteiger partial charge in [0.05, 0.1) is 16.7 Å². The van der Waals surface area contributed by atoms with E-state index in [9.17, 15) is 25.4 Å². The molecule has 5 aliphatic carbocycles. The Morgan fingerprint density at radius 2 is 0.607 bits per heavy atom. The first-order chi connectivity index (χ1) is 74.0. The lowest BCUT2D eigenvalue weighted by Crippen LogP contribution is -2.35. The molecule has 786 valence electrons. The van der Waals surface area contributed by atoms with Crippen LogP contribution >= 0.6 is 34.0 Å². The van der Waals surface area contributed by atoms with Crippen LogP contribution in [0.5, 0.6) is 0 Å². The summed E-state index contributed by atoms with van der Waals surface area (Å²) < 4.78 is 0. The van der Waals surface area contributed by atoms with Gasteiger partial charge in [-0.2, -0.15) is 15.8 Å². The molecule has 1 fully saturated rings. The van der Waals surface area contributed by atoms with Crippen LogP contribution in [0.1, 0.15) is 480 Å². The smallest absolute Gasteiger partial charge is 0.194 e. The summed E-state index contributed by atoms with van der Waals surface area (Å²) in [4.78, 5) is 36.0. The van der Waals surface area contributed by atoms with Crippen molar-refractivity contribution in [3.05, 3.63) is 322 Å². The van der Waals surface area contributed by atoms with Gasteiger partial charge in [-0.05, 0) is 206 Å². The van der Waals surface area contributed by atoms with Crippen LogP contribution in [0.2, 0.25) is 0 Å². The van der Waals surface area contributed by atoms with Crippen LogP contribution < -0.4 is 5.73 Å². The van der Waals surface area contributed by atoms with E-state index in [1.807, 2.05) is 66.0 Å². The summed E-state index contributed by atoms with van der Waals surface area (Å²) in [5.41, 5.74) is 27.6. The zero-order chi connectivity index (χ0) is 104. The molecule has 0 spiro atoms. The number of carbonyl (C=O) groups is 2. The average molecular weight is 2050 g/mol. The summed E-state index contributed by atoms with van der Waals surface area (Å²) in [6, 6.07) is 80.3. The number of unbranched alkanes of at least 4 members (excludes halogenated alkanes) is 52. The topological polar surface area (TPSA) is 132 Å². The predicted molar refractivity (Wildman–Crippen MR) is 641 cm³/mol. The Kier molecular flexibility index (Phi) is 45.8. The minimum atomic E-state index is -0.899. The molecule has 1 saturated carbocycles. The number of nitriles is 3. The number of allylic oxidation sites excluding steroid dienone is 10. The molecule has 5 aliphatic rings. The second kappa shape index (κ2) is 60.6. The first-order valence-electron chi connectivity index (χ1n) is 60.0. The number of Topliss-reactive ketones (excluding diaryl/α,β-unsaturated/α-hetero) is 2. The molecule has 15 rings (SSSR count). The predicted octanol–water partition coefficient (Wildman–Crippen LogP) is 41.2. The Morgan fingerprint density at radius 3 is 0.913 bits per heavy atom. The maximum absolute atomic E-state index is 14.8. The van der Waals surface area contributed by atoms with Crippen LogP contribution in [0.4, 0.5) is 0 Å².